The van der Waals surface area contributed by atoms with Crippen molar-refractivity contribution in [3.05, 3.63) is 0 Å². The number of hydrazine groups is 1. The number of nitrogens with two attached hydrogens (primary N) is 1. The van der Waals surface area contributed by atoms with Gasteiger partial charge in [0, 0.05) is 12.6 Å². The van der Waals surface area contributed by atoms with Crippen molar-refractivity contribution in [1.29, 1.82) is 0 Å². The van der Waals surface area contributed by atoms with Crippen LogP contribution >= 0.6 is 12.2 Å². The highest BCUT2D eigenvalue weighted by molar-refractivity contribution is 7.80. The summed E-state index contributed by atoms with van der Waals surface area (Å²) in [4.78, 5) is 2.28. The van der Waals surface area contributed by atoms with Gasteiger partial charge in [0.1, 0.15) is 0 Å². The molecule has 3 N–H and O–H groups in total. The fourth-order valence-electron chi connectivity index (χ4n) is 3.78. The smallest absolute Gasteiger partial charge is 0.183 e. The molecule has 1 saturated heterocycles. The molecule has 0 aromatic heterocycles. The second-order valence-corrected chi connectivity index (χ2v) is 6.68. The standard InChI is InChI=1S/C11H21N3S/c1-10(2)4-8-5-11(3,6-10)7-14(8)9(15)13-12/h8H,4-7,12H2,1-3H3,(H,13,15). The molecule has 0 radical (unpaired) electrons. The summed E-state index contributed by atoms with van der Waals surface area (Å²) in [6.45, 7) is 8.16. The van der Waals surface area contributed by atoms with E-state index < -0.39 is 0 Å². The average molecular weight is 227 g/mol. The van der Waals surface area contributed by atoms with Gasteiger partial charge >= 0.3 is 0 Å². The molecular weight excluding hydrogens is 206 g/mol. The number of likely N-dealkylation sites (tertiary alicyclic amines) is 1. The number of nitrogens with one attached hydrogen (secondary N) is 1. The largest absolute Gasteiger partial charge is 0.345 e. The summed E-state index contributed by atoms with van der Waals surface area (Å²) in [6.07, 6.45) is 3.78. The first kappa shape index (κ1) is 11.1. The van der Waals surface area contributed by atoms with Crippen molar-refractivity contribution in [2.24, 2.45) is 16.7 Å². The molecule has 2 atom stereocenters. The molecule has 0 amide bonds. The van der Waals surface area contributed by atoms with Crippen molar-refractivity contribution < 1.29 is 0 Å². The number of thiocarbonyl (C=S) groups is 1. The Morgan fingerprint density at radius 2 is 2.07 bits per heavy atom. The molecule has 15 heavy (non-hydrogen) atoms. The molecule has 2 fully saturated rings. The first-order valence-electron chi connectivity index (χ1n) is 5.63. The van der Waals surface area contributed by atoms with Crippen LogP contribution in [0, 0.1) is 10.8 Å². The molecule has 1 heterocycles. The summed E-state index contributed by atoms with van der Waals surface area (Å²) in [6, 6.07) is 0.585. The van der Waals surface area contributed by atoms with Gasteiger partial charge in [-0.25, -0.2) is 5.84 Å². The lowest BCUT2D eigenvalue weighted by Crippen LogP contribution is -2.46. The van der Waals surface area contributed by atoms with E-state index in [9.17, 15) is 0 Å². The van der Waals surface area contributed by atoms with E-state index in [1.165, 1.54) is 19.3 Å². The number of rotatable bonds is 0. The minimum Gasteiger partial charge on any atom is -0.345 e. The molecule has 1 saturated carbocycles. The third kappa shape index (κ3) is 1.97. The van der Waals surface area contributed by atoms with Crippen molar-refractivity contribution in [2.45, 2.75) is 46.1 Å². The number of hydrogen-bond acceptors (Lipinski definition) is 2. The lowest BCUT2D eigenvalue weighted by atomic mass is 9.65. The summed E-state index contributed by atoms with van der Waals surface area (Å²) < 4.78 is 0. The number of nitrogens with zero attached hydrogens (tertiary/aromatic N) is 1. The predicted octanol–water partition coefficient (Wildman–Crippen LogP) is 1.64. The zero-order valence-corrected chi connectivity index (χ0v) is 10.7. The van der Waals surface area contributed by atoms with Gasteiger partial charge in [0.15, 0.2) is 5.11 Å². The summed E-state index contributed by atoms with van der Waals surface area (Å²) >= 11 is 5.25. The highest BCUT2D eigenvalue weighted by atomic mass is 32.1. The SMILES string of the molecule is CC1(C)CC2CC(C)(CN2C(=S)NN)C1. The van der Waals surface area contributed by atoms with Crippen LogP contribution < -0.4 is 11.3 Å². The molecular formula is C11H21N3S. The van der Waals surface area contributed by atoms with Gasteiger partial charge in [-0.3, -0.25) is 0 Å². The molecule has 0 aromatic rings. The van der Waals surface area contributed by atoms with Gasteiger partial charge in [0.2, 0.25) is 0 Å². The van der Waals surface area contributed by atoms with Crippen LogP contribution in [0.5, 0.6) is 0 Å². The predicted molar refractivity (Wildman–Crippen MR) is 66.2 cm³/mol. The highest BCUT2D eigenvalue weighted by Crippen LogP contribution is 2.52. The maximum Gasteiger partial charge on any atom is 0.183 e. The van der Waals surface area contributed by atoms with Crippen LogP contribution in [0.25, 0.3) is 0 Å². The van der Waals surface area contributed by atoms with E-state index in [0.29, 0.717) is 22.0 Å². The van der Waals surface area contributed by atoms with Gasteiger partial charge in [-0.05, 0) is 42.3 Å². The highest BCUT2D eigenvalue weighted by Gasteiger charge is 2.50. The molecule has 86 valence electrons. The third-order valence-electron chi connectivity index (χ3n) is 3.80. The summed E-state index contributed by atoms with van der Waals surface area (Å²) in [5.41, 5.74) is 3.49. The molecule has 0 spiro atoms. The van der Waals surface area contributed by atoms with E-state index in [1.807, 2.05) is 0 Å². The second kappa shape index (κ2) is 3.32. The van der Waals surface area contributed by atoms with Crippen LogP contribution in [0.15, 0.2) is 0 Å². The Hall–Kier alpha value is -0.350. The van der Waals surface area contributed by atoms with Crippen molar-refractivity contribution in [2.75, 3.05) is 6.54 Å². The van der Waals surface area contributed by atoms with Gasteiger partial charge in [-0.15, -0.1) is 0 Å². The number of hydrogen-bond donors (Lipinski definition) is 2. The monoisotopic (exact) mass is 227 g/mol. The fourth-order valence-corrected chi connectivity index (χ4v) is 3.99. The van der Waals surface area contributed by atoms with E-state index in [2.05, 4.69) is 31.1 Å². The first-order chi connectivity index (χ1) is 6.85. The minimum absolute atomic E-state index is 0.424. The van der Waals surface area contributed by atoms with Crippen LogP contribution in [-0.2, 0) is 0 Å². The van der Waals surface area contributed by atoms with E-state index in [4.69, 9.17) is 18.1 Å². The van der Waals surface area contributed by atoms with Gasteiger partial charge in [-0.2, -0.15) is 0 Å². The van der Waals surface area contributed by atoms with Crippen molar-refractivity contribution in [3.8, 4) is 0 Å². The summed E-state index contributed by atoms with van der Waals surface area (Å²) in [7, 11) is 0. The Kier molecular flexibility index (Phi) is 2.47. The quantitative estimate of drug-likeness (QED) is 0.375. The summed E-state index contributed by atoms with van der Waals surface area (Å²) in [5, 5.41) is 0.710. The topological polar surface area (TPSA) is 41.3 Å². The number of fused-ring (bicyclic) bond motifs is 2. The van der Waals surface area contributed by atoms with E-state index >= 15 is 0 Å². The van der Waals surface area contributed by atoms with E-state index in [0.717, 1.165) is 6.54 Å². The van der Waals surface area contributed by atoms with Gasteiger partial charge in [0.25, 0.3) is 0 Å². The average Bonchev–Trinajstić information content (AvgIpc) is 2.33. The maximum atomic E-state index is 5.41. The molecule has 3 nitrogen and oxygen atoms in total. The minimum atomic E-state index is 0.424. The van der Waals surface area contributed by atoms with Crippen LogP contribution in [0.3, 0.4) is 0 Å². The first-order valence-corrected chi connectivity index (χ1v) is 6.03. The summed E-state index contributed by atoms with van der Waals surface area (Å²) in [5.74, 6) is 5.41. The third-order valence-corrected chi connectivity index (χ3v) is 4.15. The molecule has 4 heteroatoms. The lowest BCUT2D eigenvalue weighted by molar-refractivity contribution is 0.132. The van der Waals surface area contributed by atoms with Crippen molar-refractivity contribution >= 4 is 17.3 Å². The molecule has 2 rings (SSSR count). The van der Waals surface area contributed by atoms with Crippen LogP contribution in [0.4, 0.5) is 0 Å². The van der Waals surface area contributed by atoms with Gasteiger partial charge in [-0.1, -0.05) is 20.8 Å². The lowest BCUT2D eigenvalue weighted by Gasteiger charge is -2.39. The Bertz CT molecular complexity index is 290. The van der Waals surface area contributed by atoms with E-state index in [1.54, 1.807) is 0 Å². The fraction of sp³-hybridized carbons (Fsp3) is 0.909. The Balaban J connectivity index is 2.20. The maximum absolute atomic E-state index is 5.41. The molecule has 2 unspecified atom stereocenters. The van der Waals surface area contributed by atoms with Gasteiger partial charge in [0.05, 0.1) is 0 Å². The van der Waals surface area contributed by atoms with E-state index in [-0.39, 0.29) is 0 Å². The zero-order valence-electron chi connectivity index (χ0n) is 9.84. The van der Waals surface area contributed by atoms with Crippen LogP contribution in [0.2, 0.25) is 0 Å². The molecule has 1 aliphatic heterocycles. The molecule has 2 bridgehead atoms. The zero-order chi connectivity index (χ0) is 11.3. The normalized spacial score (nSPS) is 37.9. The second-order valence-electron chi connectivity index (χ2n) is 6.29. The van der Waals surface area contributed by atoms with Crippen LogP contribution in [-0.4, -0.2) is 22.6 Å². The molecule has 1 aliphatic carbocycles. The Labute approximate surface area is 97.4 Å². The Morgan fingerprint density at radius 1 is 1.40 bits per heavy atom. The van der Waals surface area contributed by atoms with Crippen LogP contribution in [0.1, 0.15) is 40.0 Å². The molecule has 2 aliphatic rings. The molecule has 0 aromatic carbocycles. The Morgan fingerprint density at radius 3 is 2.67 bits per heavy atom. The van der Waals surface area contributed by atoms with Gasteiger partial charge < -0.3 is 10.3 Å². The van der Waals surface area contributed by atoms with Crippen molar-refractivity contribution in [3.63, 3.8) is 0 Å². The van der Waals surface area contributed by atoms with Crippen molar-refractivity contribution in [1.82, 2.24) is 10.3 Å².